The van der Waals surface area contributed by atoms with Crippen molar-refractivity contribution in [3.63, 3.8) is 0 Å². The first-order chi connectivity index (χ1) is 17.3. The summed E-state index contributed by atoms with van der Waals surface area (Å²) in [6.07, 6.45) is -10.9. The van der Waals surface area contributed by atoms with Crippen LogP contribution in [0.1, 0.15) is 28.4 Å². The van der Waals surface area contributed by atoms with E-state index in [1.165, 1.54) is 23.1 Å². The predicted molar refractivity (Wildman–Crippen MR) is 121 cm³/mol. The molecule has 1 atom stereocenters. The van der Waals surface area contributed by atoms with E-state index >= 15 is 0 Å². The second-order valence-electron chi connectivity index (χ2n) is 8.64. The molecule has 200 valence electrons. The maximum Gasteiger partial charge on any atom is 0.416 e. The molecule has 2 aliphatic heterocycles. The van der Waals surface area contributed by atoms with Crippen molar-refractivity contribution in [3.8, 4) is 5.75 Å². The van der Waals surface area contributed by atoms with Crippen LogP contribution >= 0.6 is 0 Å². The molecule has 2 heterocycles. The number of carbonyl (C=O) groups excluding carboxylic acids is 2. The summed E-state index contributed by atoms with van der Waals surface area (Å²) in [7, 11) is 0. The van der Waals surface area contributed by atoms with Gasteiger partial charge in [-0.2, -0.15) is 26.3 Å². The number of carbonyl (C=O) groups is 2. The van der Waals surface area contributed by atoms with E-state index in [1.807, 2.05) is 0 Å². The molecule has 37 heavy (non-hydrogen) atoms. The summed E-state index contributed by atoms with van der Waals surface area (Å²) in [5.41, 5.74) is -3.61. The van der Waals surface area contributed by atoms with Crippen LogP contribution in [0, 0.1) is 0 Å². The van der Waals surface area contributed by atoms with Gasteiger partial charge in [-0.05, 0) is 43.3 Å². The van der Waals surface area contributed by atoms with Gasteiger partial charge >= 0.3 is 12.4 Å². The van der Waals surface area contributed by atoms with Crippen LogP contribution in [-0.4, -0.2) is 62.2 Å². The highest BCUT2D eigenvalue weighted by molar-refractivity contribution is 6.06. The standard InChI is InChI=1S/C24H23F6N3O4/c1-14-22(35)33(5-4-32-6-8-36-9-7-32)19-13-18(2-3-20(19)37-14)31-21(34)15-10-16(23(25,26)27)12-17(11-15)24(28,29)30/h2-3,10-14H,4-9H2,1H3,(H,31,34). The Morgan fingerprint density at radius 3 is 2.19 bits per heavy atom. The van der Waals surface area contributed by atoms with Crippen molar-refractivity contribution >= 4 is 23.2 Å². The zero-order valence-corrected chi connectivity index (χ0v) is 19.6. The van der Waals surface area contributed by atoms with Gasteiger partial charge in [0.1, 0.15) is 5.75 Å². The summed E-state index contributed by atoms with van der Waals surface area (Å²) in [4.78, 5) is 29.1. The Balaban J connectivity index is 1.59. The van der Waals surface area contributed by atoms with Crippen LogP contribution in [0.3, 0.4) is 0 Å². The fourth-order valence-electron chi connectivity index (χ4n) is 4.07. The Bertz CT molecular complexity index is 1150. The fraction of sp³-hybridized carbons (Fsp3) is 0.417. The molecular weight excluding hydrogens is 508 g/mol. The fourth-order valence-corrected chi connectivity index (χ4v) is 4.07. The lowest BCUT2D eigenvalue weighted by molar-refractivity contribution is -0.143. The third kappa shape index (κ3) is 6.16. The number of amides is 2. The number of benzene rings is 2. The van der Waals surface area contributed by atoms with Crippen LogP contribution in [0.4, 0.5) is 37.7 Å². The van der Waals surface area contributed by atoms with Crippen LogP contribution in [0.15, 0.2) is 36.4 Å². The van der Waals surface area contributed by atoms with Crippen LogP contribution in [0.5, 0.6) is 5.75 Å². The topological polar surface area (TPSA) is 71.1 Å². The van der Waals surface area contributed by atoms with Crippen molar-refractivity contribution in [2.24, 2.45) is 0 Å². The SMILES string of the molecule is CC1Oc2ccc(NC(=O)c3cc(C(F)(F)F)cc(C(F)(F)F)c3)cc2N(CCN2CCOCC2)C1=O. The molecule has 2 aromatic rings. The van der Waals surface area contributed by atoms with E-state index in [0.29, 0.717) is 63.0 Å². The molecule has 2 aliphatic rings. The summed E-state index contributed by atoms with van der Waals surface area (Å²) < 4.78 is 90.0. The molecule has 0 spiro atoms. The molecule has 1 saturated heterocycles. The van der Waals surface area contributed by atoms with Gasteiger partial charge in [0.05, 0.1) is 30.0 Å². The van der Waals surface area contributed by atoms with Crippen LogP contribution < -0.4 is 15.0 Å². The lowest BCUT2D eigenvalue weighted by Crippen LogP contribution is -2.48. The third-order valence-corrected chi connectivity index (χ3v) is 6.02. The summed E-state index contributed by atoms with van der Waals surface area (Å²) in [5.74, 6) is -1.14. The van der Waals surface area contributed by atoms with E-state index < -0.39 is 41.1 Å². The van der Waals surface area contributed by atoms with Crippen molar-refractivity contribution in [3.05, 3.63) is 53.1 Å². The largest absolute Gasteiger partial charge is 0.479 e. The van der Waals surface area contributed by atoms with Crippen molar-refractivity contribution in [2.75, 3.05) is 49.6 Å². The van der Waals surface area contributed by atoms with E-state index in [0.717, 1.165) is 0 Å². The summed E-state index contributed by atoms with van der Waals surface area (Å²) in [6.45, 7) is 5.00. The zero-order valence-electron chi connectivity index (χ0n) is 19.6. The number of ether oxygens (including phenoxy) is 2. The second kappa shape index (κ2) is 10.2. The maximum absolute atomic E-state index is 13.2. The molecule has 2 amide bonds. The number of halogens is 6. The zero-order chi connectivity index (χ0) is 27.0. The molecule has 2 aromatic carbocycles. The van der Waals surface area contributed by atoms with E-state index in [1.54, 1.807) is 6.92 Å². The molecule has 0 bridgehead atoms. The molecule has 0 aromatic heterocycles. The van der Waals surface area contributed by atoms with Crippen molar-refractivity contribution < 1.29 is 45.4 Å². The Morgan fingerprint density at radius 1 is 0.973 bits per heavy atom. The van der Waals surface area contributed by atoms with Crippen molar-refractivity contribution in [1.82, 2.24) is 4.90 Å². The number of hydrogen-bond donors (Lipinski definition) is 1. The number of nitrogens with one attached hydrogen (secondary N) is 1. The number of anilines is 2. The van der Waals surface area contributed by atoms with Gasteiger partial charge in [0.15, 0.2) is 6.10 Å². The first-order valence-corrected chi connectivity index (χ1v) is 11.4. The highest BCUT2D eigenvalue weighted by Crippen LogP contribution is 2.38. The van der Waals surface area contributed by atoms with Gasteiger partial charge in [-0.3, -0.25) is 14.5 Å². The summed E-state index contributed by atoms with van der Waals surface area (Å²) in [5, 5.41) is 2.32. The molecule has 0 radical (unpaired) electrons. The number of morpholine rings is 1. The van der Waals surface area contributed by atoms with E-state index in [9.17, 15) is 35.9 Å². The summed E-state index contributed by atoms with van der Waals surface area (Å²) >= 11 is 0. The average molecular weight is 531 g/mol. The molecule has 0 aliphatic carbocycles. The van der Waals surface area contributed by atoms with E-state index in [2.05, 4.69) is 10.2 Å². The third-order valence-electron chi connectivity index (χ3n) is 6.02. The number of rotatable bonds is 5. The molecule has 1 N–H and O–H groups in total. The Morgan fingerprint density at radius 2 is 1.59 bits per heavy atom. The smallest absolute Gasteiger partial charge is 0.416 e. The molecular formula is C24H23F6N3O4. The lowest BCUT2D eigenvalue weighted by atomic mass is 10.0. The average Bonchev–Trinajstić information content (AvgIpc) is 2.84. The highest BCUT2D eigenvalue weighted by atomic mass is 19.4. The van der Waals surface area contributed by atoms with E-state index in [4.69, 9.17) is 9.47 Å². The van der Waals surface area contributed by atoms with Gasteiger partial charge in [0.2, 0.25) is 0 Å². The van der Waals surface area contributed by atoms with Gasteiger partial charge in [-0.15, -0.1) is 0 Å². The quantitative estimate of drug-likeness (QED) is 0.579. The predicted octanol–water partition coefficient (Wildman–Crippen LogP) is 4.42. The Hall–Kier alpha value is -3.32. The molecule has 0 saturated carbocycles. The number of hydrogen-bond acceptors (Lipinski definition) is 5. The molecule has 1 unspecified atom stereocenters. The van der Waals surface area contributed by atoms with Gasteiger partial charge in [-0.1, -0.05) is 0 Å². The highest BCUT2D eigenvalue weighted by Gasteiger charge is 2.38. The van der Waals surface area contributed by atoms with Crippen LogP contribution in [0.25, 0.3) is 0 Å². The number of nitrogens with zero attached hydrogens (tertiary/aromatic N) is 2. The van der Waals surface area contributed by atoms with Gasteiger partial charge < -0.3 is 19.7 Å². The van der Waals surface area contributed by atoms with Crippen molar-refractivity contribution in [2.45, 2.75) is 25.4 Å². The van der Waals surface area contributed by atoms with Crippen LogP contribution in [0.2, 0.25) is 0 Å². The molecule has 4 rings (SSSR count). The minimum absolute atomic E-state index is 0.0495. The minimum Gasteiger partial charge on any atom is -0.479 e. The number of fused-ring (bicyclic) bond motifs is 1. The van der Waals surface area contributed by atoms with Gasteiger partial charge in [0.25, 0.3) is 11.8 Å². The first kappa shape index (κ1) is 26.7. The normalized spacial score (nSPS) is 18.8. The van der Waals surface area contributed by atoms with Crippen molar-refractivity contribution in [1.29, 1.82) is 0 Å². The lowest BCUT2D eigenvalue weighted by Gasteiger charge is -2.35. The second-order valence-corrected chi connectivity index (χ2v) is 8.64. The first-order valence-electron chi connectivity index (χ1n) is 11.4. The van der Waals surface area contributed by atoms with Gasteiger partial charge in [-0.25, -0.2) is 0 Å². The maximum atomic E-state index is 13.2. The molecule has 13 heteroatoms. The molecule has 1 fully saturated rings. The van der Waals surface area contributed by atoms with Crippen LogP contribution in [-0.2, 0) is 21.9 Å². The minimum atomic E-state index is -5.09. The number of alkyl halides is 6. The van der Waals surface area contributed by atoms with E-state index in [-0.39, 0.29) is 17.7 Å². The molecule has 7 nitrogen and oxygen atoms in total. The Labute approximate surface area is 207 Å². The Kier molecular flexibility index (Phi) is 7.38. The monoisotopic (exact) mass is 531 g/mol. The van der Waals surface area contributed by atoms with Gasteiger partial charge in [0, 0.05) is 37.4 Å². The summed E-state index contributed by atoms with van der Waals surface area (Å²) in [6, 6.07) is 4.92.